The van der Waals surface area contributed by atoms with Crippen molar-refractivity contribution in [3.63, 3.8) is 0 Å². The van der Waals surface area contributed by atoms with Crippen molar-refractivity contribution in [3.8, 4) is 0 Å². The fourth-order valence-electron chi connectivity index (χ4n) is 0.387. The van der Waals surface area contributed by atoms with Gasteiger partial charge in [0.25, 0.3) is 0 Å². The Morgan fingerprint density at radius 1 is 1.60 bits per heavy atom. The molecule has 0 spiro atoms. The van der Waals surface area contributed by atoms with Gasteiger partial charge in [0, 0.05) is 7.05 Å². The van der Waals surface area contributed by atoms with Crippen molar-refractivity contribution in [1.29, 1.82) is 0 Å². The summed E-state index contributed by atoms with van der Waals surface area (Å²) in [4.78, 5) is 10.8. The number of nitrogens with one attached hydrogen (secondary N) is 1. The van der Waals surface area contributed by atoms with E-state index in [-0.39, 0.29) is 11.8 Å². The molecule has 0 aromatic rings. The van der Waals surface area contributed by atoms with E-state index in [4.69, 9.17) is 4.74 Å². The fraction of sp³-hybridized carbons (Fsp3) is 0.571. The highest BCUT2D eigenvalue weighted by Crippen LogP contribution is 1.93. The summed E-state index contributed by atoms with van der Waals surface area (Å²) < 4.78 is 4.80. The first-order chi connectivity index (χ1) is 4.57. The maximum Gasteiger partial charge on any atom is 0.354 e. The lowest BCUT2D eigenvalue weighted by Gasteiger charge is -2.08. The first-order valence-corrected chi connectivity index (χ1v) is 3.15. The molecule has 3 heteroatoms. The number of rotatable bonds is 3. The third-order valence-corrected chi connectivity index (χ3v) is 0.891. The minimum Gasteiger partial charge on any atom is -0.458 e. The van der Waals surface area contributed by atoms with Crippen LogP contribution in [0.2, 0.25) is 0 Å². The second kappa shape index (κ2) is 3.93. The molecule has 0 aliphatic heterocycles. The number of esters is 1. The molecular formula is C7H13NO2. The van der Waals surface area contributed by atoms with Crippen molar-refractivity contribution in [3.05, 3.63) is 12.3 Å². The van der Waals surface area contributed by atoms with Crippen molar-refractivity contribution in [2.45, 2.75) is 20.0 Å². The number of carbonyl (C=O) groups excluding carboxylic acids is 1. The molecule has 0 heterocycles. The average molecular weight is 143 g/mol. The molecule has 0 bridgehead atoms. The maximum atomic E-state index is 10.8. The van der Waals surface area contributed by atoms with Crippen molar-refractivity contribution < 1.29 is 9.53 Å². The van der Waals surface area contributed by atoms with Crippen LogP contribution in [0.5, 0.6) is 0 Å². The zero-order chi connectivity index (χ0) is 8.15. The molecule has 0 radical (unpaired) electrons. The Hall–Kier alpha value is -0.990. The van der Waals surface area contributed by atoms with Gasteiger partial charge in [-0.15, -0.1) is 0 Å². The van der Waals surface area contributed by atoms with E-state index in [9.17, 15) is 4.79 Å². The molecule has 0 amide bonds. The zero-order valence-electron chi connectivity index (χ0n) is 6.60. The van der Waals surface area contributed by atoms with Crippen molar-refractivity contribution in [1.82, 2.24) is 5.32 Å². The largest absolute Gasteiger partial charge is 0.458 e. The molecule has 0 saturated heterocycles. The molecule has 0 aliphatic rings. The molecule has 10 heavy (non-hydrogen) atoms. The molecule has 58 valence electrons. The van der Waals surface area contributed by atoms with Crippen LogP contribution < -0.4 is 5.32 Å². The van der Waals surface area contributed by atoms with Crippen LogP contribution >= 0.6 is 0 Å². The summed E-state index contributed by atoms with van der Waals surface area (Å²) in [5.74, 6) is -0.391. The summed E-state index contributed by atoms with van der Waals surface area (Å²) in [6.45, 7) is 7.03. The first-order valence-electron chi connectivity index (χ1n) is 3.15. The van der Waals surface area contributed by atoms with Crippen LogP contribution in [0, 0.1) is 0 Å². The van der Waals surface area contributed by atoms with Crippen LogP contribution in [0.25, 0.3) is 0 Å². The van der Waals surface area contributed by atoms with E-state index in [1.807, 2.05) is 0 Å². The first kappa shape index (κ1) is 9.01. The highest BCUT2D eigenvalue weighted by molar-refractivity contribution is 5.87. The number of carbonyl (C=O) groups is 1. The number of ether oxygens (including phenoxy) is 1. The second-order valence-electron chi connectivity index (χ2n) is 2.18. The average Bonchev–Trinajstić information content (AvgIpc) is 1.85. The lowest BCUT2D eigenvalue weighted by Crippen LogP contribution is -2.20. The van der Waals surface area contributed by atoms with Gasteiger partial charge in [-0.3, -0.25) is 0 Å². The van der Waals surface area contributed by atoms with E-state index in [2.05, 4.69) is 11.9 Å². The predicted octanol–water partition coefficient (Wildman–Crippen LogP) is 0.671. The van der Waals surface area contributed by atoms with Gasteiger partial charge >= 0.3 is 5.97 Å². The van der Waals surface area contributed by atoms with Gasteiger partial charge in [-0.05, 0) is 13.8 Å². The molecule has 1 N–H and O–H groups in total. The van der Waals surface area contributed by atoms with Crippen LogP contribution in [0.15, 0.2) is 12.3 Å². The quantitative estimate of drug-likeness (QED) is 0.466. The van der Waals surface area contributed by atoms with Gasteiger partial charge < -0.3 is 10.1 Å². The molecule has 0 aromatic heterocycles. The molecule has 0 aliphatic carbocycles. The Morgan fingerprint density at radius 3 is 2.40 bits per heavy atom. The second-order valence-corrected chi connectivity index (χ2v) is 2.18. The van der Waals surface area contributed by atoms with E-state index in [0.717, 1.165) is 0 Å². The van der Waals surface area contributed by atoms with Gasteiger partial charge in [0.1, 0.15) is 5.70 Å². The summed E-state index contributed by atoms with van der Waals surface area (Å²) in [6.07, 6.45) is -0.0856. The highest BCUT2D eigenvalue weighted by Gasteiger charge is 2.06. The van der Waals surface area contributed by atoms with Gasteiger partial charge in [0.2, 0.25) is 0 Å². The number of hydrogen-bond donors (Lipinski definition) is 1. The predicted molar refractivity (Wildman–Crippen MR) is 39.4 cm³/mol. The normalized spacial score (nSPS) is 9.20. The molecule has 0 fully saturated rings. The summed E-state index contributed by atoms with van der Waals surface area (Å²) in [7, 11) is 1.63. The molecule has 0 saturated carbocycles. The lowest BCUT2D eigenvalue weighted by molar-refractivity contribution is -0.142. The van der Waals surface area contributed by atoms with Crippen LogP contribution in [0.1, 0.15) is 13.8 Å². The minimum atomic E-state index is -0.391. The fourth-order valence-corrected chi connectivity index (χ4v) is 0.387. The van der Waals surface area contributed by atoms with E-state index >= 15 is 0 Å². The van der Waals surface area contributed by atoms with E-state index in [1.165, 1.54) is 0 Å². The van der Waals surface area contributed by atoms with Crippen LogP contribution in [0.3, 0.4) is 0 Å². The topological polar surface area (TPSA) is 38.3 Å². The van der Waals surface area contributed by atoms with Crippen LogP contribution in [0.4, 0.5) is 0 Å². The van der Waals surface area contributed by atoms with Crippen molar-refractivity contribution in [2.24, 2.45) is 0 Å². The zero-order valence-corrected chi connectivity index (χ0v) is 6.60. The summed E-state index contributed by atoms with van der Waals surface area (Å²) in [6, 6.07) is 0. The minimum absolute atomic E-state index is 0.0856. The van der Waals surface area contributed by atoms with E-state index < -0.39 is 5.97 Å². The van der Waals surface area contributed by atoms with Crippen molar-refractivity contribution >= 4 is 5.97 Å². The standard InChI is InChI=1S/C7H13NO2/c1-5(2)10-7(9)6(3)8-4/h5,8H,3H2,1-2,4H3. The Balaban J connectivity index is 3.74. The molecule has 0 rings (SSSR count). The van der Waals surface area contributed by atoms with E-state index in [0.29, 0.717) is 0 Å². The highest BCUT2D eigenvalue weighted by atomic mass is 16.5. The molecular weight excluding hydrogens is 130 g/mol. The molecule has 0 atom stereocenters. The Morgan fingerprint density at radius 2 is 2.10 bits per heavy atom. The summed E-state index contributed by atoms with van der Waals surface area (Å²) >= 11 is 0. The third kappa shape index (κ3) is 3.12. The molecule has 0 aromatic carbocycles. The van der Waals surface area contributed by atoms with Gasteiger partial charge in [0.05, 0.1) is 6.10 Å². The Labute approximate surface area is 61.1 Å². The summed E-state index contributed by atoms with van der Waals surface area (Å²) in [5.41, 5.74) is 0.286. The van der Waals surface area contributed by atoms with Crippen LogP contribution in [-0.4, -0.2) is 19.1 Å². The number of likely N-dealkylation sites (N-methyl/N-ethyl adjacent to an activating group) is 1. The maximum absolute atomic E-state index is 10.8. The monoisotopic (exact) mass is 143 g/mol. The van der Waals surface area contributed by atoms with Gasteiger partial charge in [-0.25, -0.2) is 4.79 Å². The van der Waals surface area contributed by atoms with Gasteiger partial charge in [0.15, 0.2) is 0 Å². The molecule has 0 unspecified atom stereocenters. The van der Waals surface area contributed by atoms with Gasteiger partial charge in [-0.2, -0.15) is 0 Å². The van der Waals surface area contributed by atoms with E-state index in [1.54, 1.807) is 20.9 Å². The summed E-state index contributed by atoms with van der Waals surface area (Å²) in [5, 5.41) is 2.60. The smallest absolute Gasteiger partial charge is 0.354 e. The third-order valence-electron chi connectivity index (χ3n) is 0.891. The molecule has 3 nitrogen and oxygen atoms in total. The lowest BCUT2D eigenvalue weighted by atomic mass is 10.4. The van der Waals surface area contributed by atoms with Gasteiger partial charge in [-0.1, -0.05) is 6.58 Å². The Kier molecular flexibility index (Phi) is 3.54. The van der Waals surface area contributed by atoms with Crippen molar-refractivity contribution in [2.75, 3.05) is 7.05 Å². The SMILES string of the molecule is C=C(NC)C(=O)OC(C)C. The van der Waals surface area contributed by atoms with Crippen LogP contribution in [-0.2, 0) is 9.53 Å². The Bertz CT molecular complexity index is 141. The number of hydrogen-bond acceptors (Lipinski definition) is 3.